The Labute approximate surface area is 166 Å². The van der Waals surface area contributed by atoms with Crippen LogP contribution in [0.3, 0.4) is 0 Å². The van der Waals surface area contributed by atoms with Crippen LogP contribution in [0.25, 0.3) is 0 Å². The van der Waals surface area contributed by atoms with Gasteiger partial charge >= 0.3 is 5.97 Å². The summed E-state index contributed by atoms with van der Waals surface area (Å²) in [6.07, 6.45) is 3.05. The predicted octanol–water partition coefficient (Wildman–Crippen LogP) is 4.24. The van der Waals surface area contributed by atoms with Crippen LogP contribution in [0.4, 0.5) is 11.4 Å². The Hall–Kier alpha value is -2.93. The van der Waals surface area contributed by atoms with Crippen LogP contribution < -0.4 is 5.32 Å². The first kappa shape index (κ1) is 19.8. The van der Waals surface area contributed by atoms with Gasteiger partial charge < -0.3 is 10.1 Å². The van der Waals surface area contributed by atoms with Crippen molar-refractivity contribution in [3.63, 3.8) is 0 Å². The van der Waals surface area contributed by atoms with Crippen LogP contribution in [-0.4, -0.2) is 23.4 Å². The molecule has 0 radical (unpaired) electrons. The third kappa shape index (κ3) is 4.14. The van der Waals surface area contributed by atoms with Crippen molar-refractivity contribution in [2.75, 3.05) is 11.9 Å². The molecule has 0 bridgehead atoms. The molecule has 1 aliphatic carbocycles. The Bertz CT molecular complexity index is 892. The smallest absolute Gasteiger partial charge is 0.317 e. The van der Waals surface area contributed by atoms with Gasteiger partial charge in [-0.2, -0.15) is 0 Å². The number of carbonyl (C=O) groups is 2. The van der Waals surface area contributed by atoms with Crippen LogP contribution in [-0.2, 0) is 19.7 Å². The summed E-state index contributed by atoms with van der Waals surface area (Å²) in [6.45, 7) is -0.514. The highest BCUT2D eigenvalue weighted by molar-refractivity contribution is 6.30. The second-order valence-electron chi connectivity index (χ2n) is 6.69. The summed E-state index contributed by atoms with van der Waals surface area (Å²) in [5.74, 6) is -1.10. The van der Waals surface area contributed by atoms with E-state index in [1.165, 1.54) is 18.2 Å². The molecule has 8 heteroatoms. The van der Waals surface area contributed by atoms with Crippen molar-refractivity contribution in [3.8, 4) is 0 Å². The highest BCUT2D eigenvalue weighted by Gasteiger charge is 2.44. The van der Waals surface area contributed by atoms with Gasteiger partial charge in [0.15, 0.2) is 6.61 Å². The molecule has 2 aromatic carbocycles. The number of anilines is 1. The number of halogens is 1. The molecule has 28 heavy (non-hydrogen) atoms. The Balaban J connectivity index is 1.68. The van der Waals surface area contributed by atoms with Gasteiger partial charge in [-0.1, -0.05) is 48.7 Å². The van der Waals surface area contributed by atoms with Crippen LogP contribution in [0.5, 0.6) is 0 Å². The van der Waals surface area contributed by atoms with Crippen molar-refractivity contribution in [1.82, 2.24) is 0 Å². The van der Waals surface area contributed by atoms with E-state index in [0.717, 1.165) is 18.4 Å². The van der Waals surface area contributed by atoms with Gasteiger partial charge in [-0.15, -0.1) is 0 Å². The minimum absolute atomic E-state index is 0.0572. The van der Waals surface area contributed by atoms with E-state index < -0.39 is 28.8 Å². The van der Waals surface area contributed by atoms with E-state index in [1.54, 1.807) is 18.2 Å². The largest absolute Gasteiger partial charge is 0.455 e. The molecular formula is C20H19ClN2O5. The molecule has 1 aliphatic rings. The van der Waals surface area contributed by atoms with Crippen LogP contribution in [0.1, 0.15) is 31.2 Å². The van der Waals surface area contributed by atoms with Crippen molar-refractivity contribution in [1.29, 1.82) is 0 Å². The van der Waals surface area contributed by atoms with Gasteiger partial charge in [0.2, 0.25) is 0 Å². The second-order valence-corrected chi connectivity index (χ2v) is 7.13. The highest BCUT2D eigenvalue weighted by atomic mass is 35.5. The van der Waals surface area contributed by atoms with E-state index in [0.29, 0.717) is 17.9 Å². The number of carbonyl (C=O) groups excluding carboxylic acids is 2. The number of nitrogens with zero attached hydrogens (tertiary/aromatic N) is 1. The highest BCUT2D eigenvalue weighted by Crippen LogP contribution is 2.42. The molecule has 2 aromatic rings. The molecule has 0 atom stereocenters. The van der Waals surface area contributed by atoms with Crippen molar-refractivity contribution in [2.24, 2.45) is 0 Å². The minimum atomic E-state index is -0.788. The molecule has 7 nitrogen and oxygen atoms in total. The number of esters is 1. The fourth-order valence-electron chi connectivity index (χ4n) is 3.55. The van der Waals surface area contributed by atoms with Crippen LogP contribution in [0.2, 0.25) is 5.02 Å². The van der Waals surface area contributed by atoms with Gasteiger partial charge in [0.05, 0.1) is 10.3 Å². The number of rotatable bonds is 6. The summed E-state index contributed by atoms with van der Waals surface area (Å²) in [7, 11) is 0. The molecule has 0 unspecified atom stereocenters. The standard InChI is InChI=1S/C20H19ClN2O5/c21-15-9-7-14(8-10-15)20(11-3-4-12-20)19(25)28-13-18(24)22-16-5-1-2-6-17(16)23(26)27/h1-2,5-10H,3-4,11-13H2,(H,22,24). The van der Waals surface area contributed by atoms with E-state index in [9.17, 15) is 19.7 Å². The Kier molecular flexibility index (Phi) is 5.94. The summed E-state index contributed by atoms with van der Waals surface area (Å²) >= 11 is 5.94. The number of nitro groups is 1. The molecular weight excluding hydrogens is 384 g/mol. The summed E-state index contributed by atoms with van der Waals surface area (Å²) in [5, 5.41) is 14.0. The summed E-state index contributed by atoms with van der Waals surface area (Å²) < 4.78 is 5.29. The maximum Gasteiger partial charge on any atom is 0.317 e. The Morgan fingerprint density at radius 2 is 1.75 bits per heavy atom. The molecule has 1 fully saturated rings. The number of nitrogens with one attached hydrogen (secondary N) is 1. The van der Waals surface area contributed by atoms with Crippen molar-refractivity contribution < 1.29 is 19.2 Å². The average molecular weight is 403 g/mol. The van der Waals surface area contributed by atoms with E-state index in [-0.39, 0.29) is 11.4 Å². The minimum Gasteiger partial charge on any atom is -0.455 e. The lowest BCUT2D eigenvalue weighted by molar-refractivity contribution is -0.383. The molecule has 0 aromatic heterocycles. The van der Waals surface area contributed by atoms with Crippen LogP contribution >= 0.6 is 11.6 Å². The zero-order chi connectivity index (χ0) is 20.1. The maximum absolute atomic E-state index is 12.8. The first-order chi connectivity index (χ1) is 13.4. The molecule has 3 rings (SSSR count). The lowest BCUT2D eigenvalue weighted by Crippen LogP contribution is -2.36. The Morgan fingerprint density at radius 3 is 2.39 bits per heavy atom. The molecule has 1 N–H and O–H groups in total. The summed E-state index contributed by atoms with van der Waals surface area (Å²) in [6, 6.07) is 12.9. The molecule has 0 heterocycles. The summed E-state index contributed by atoms with van der Waals surface area (Å²) in [5.41, 5.74) is -0.139. The van der Waals surface area contributed by atoms with Crippen LogP contribution in [0, 0.1) is 10.1 Å². The fourth-order valence-corrected chi connectivity index (χ4v) is 3.68. The number of ether oxygens (including phenoxy) is 1. The zero-order valence-corrected chi connectivity index (χ0v) is 15.8. The number of hydrogen-bond acceptors (Lipinski definition) is 5. The molecule has 1 saturated carbocycles. The lowest BCUT2D eigenvalue weighted by atomic mass is 9.79. The second kappa shape index (κ2) is 8.39. The molecule has 146 valence electrons. The first-order valence-electron chi connectivity index (χ1n) is 8.89. The van der Waals surface area contributed by atoms with Crippen molar-refractivity contribution in [3.05, 3.63) is 69.2 Å². The zero-order valence-electron chi connectivity index (χ0n) is 15.0. The number of para-hydroxylation sites is 2. The third-order valence-electron chi connectivity index (χ3n) is 4.95. The summed E-state index contributed by atoms with van der Waals surface area (Å²) in [4.78, 5) is 35.4. The predicted molar refractivity (Wildman–Crippen MR) is 104 cm³/mol. The van der Waals surface area contributed by atoms with Gasteiger partial charge in [0, 0.05) is 11.1 Å². The SMILES string of the molecule is O=C(COC(=O)C1(c2ccc(Cl)cc2)CCCC1)Nc1ccccc1[N+](=O)[O-]. The number of nitro benzene ring substituents is 1. The number of hydrogen-bond donors (Lipinski definition) is 1. The molecule has 1 amide bonds. The molecule has 0 aliphatic heterocycles. The van der Waals surface area contributed by atoms with Crippen molar-refractivity contribution in [2.45, 2.75) is 31.1 Å². The number of benzene rings is 2. The van der Waals surface area contributed by atoms with E-state index in [1.807, 2.05) is 12.1 Å². The van der Waals surface area contributed by atoms with E-state index in [2.05, 4.69) is 5.32 Å². The van der Waals surface area contributed by atoms with Crippen LogP contribution in [0.15, 0.2) is 48.5 Å². The van der Waals surface area contributed by atoms with E-state index in [4.69, 9.17) is 16.3 Å². The third-order valence-corrected chi connectivity index (χ3v) is 5.21. The van der Waals surface area contributed by atoms with Gasteiger partial charge in [0.25, 0.3) is 11.6 Å². The fraction of sp³-hybridized carbons (Fsp3) is 0.300. The lowest BCUT2D eigenvalue weighted by Gasteiger charge is -2.27. The normalized spacial score (nSPS) is 15.0. The maximum atomic E-state index is 12.8. The monoisotopic (exact) mass is 402 g/mol. The van der Waals surface area contributed by atoms with Gasteiger partial charge in [-0.25, -0.2) is 0 Å². The van der Waals surface area contributed by atoms with Crippen molar-refractivity contribution >= 4 is 34.9 Å². The quantitative estimate of drug-likeness (QED) is 0.442. The Morgan fingerprint density at radius 1 is 1.11 bits per heavy atom. The molecule has 0 saturated heterocycles. The average Bonchev–Trinajstić information content (AvgIpc) is 3.18. The number of amides is 1. The van der Waals surface area contributed by atoms with Gasteiger partial charge in [-0.05, 0) is 36.6 Å². The van der Waals surface area contributed by atoms with E-state index >= 15 is 0 Å². The van der Waals surface area contributed by atoms with Gasteiger partial charge in [0.1, 0.15) is 5.69 Å². The topological polar surface area (TPSA) is 98.5 Å². The van der Waals surface area contributed by atoms with Gasteiger partial charge in [-0.3, -0.25) is 19.7 Å². The first-order valence-corrected chi connectivity index (χ1v) is 9.27. The molecule has 0 spiro atoms.